The summed E-state index contributed by atoms with van der Waals surface area (Å²) in [6.45, 7) is 0.690. The first-order chi connectivity index (χ1) is 8.62. The zero-order valence-corrected chi connectivity index (χ0v) is 11.1. The zero-order valence-electron chi connectivity index (χ0n) is 10.3. The lowest BCUT2D eigenvalue weighted by molar-refractivity contribution is -0.383. The van der Waals surface area contributed by atoms with Crippen LogP contribution >= 0.6 is 11.8 Å². The van der Waals surface area contributed by atoms with Crippen molar-refractivity contribution in [3.8, 4) is 0 Å². The first-order valence-corrected chi connectivity index (χ1v) is 6.80. The predicted octanol–water partition coefficient (Wildman–Crippen LogP) is 1.73. The van der Waals surface area contributed by atoms with Gasteiger partial charge in [-0.3, -0.25) is 10.1 Å². The van der Waals surface area contributed by atoms with Crippen molar-refractivity contribution in [3.05, 3.63) is 16.4 Å². The minimum atomic E-state index is -0.465. The molecule has 0 aromatic carbocycles. The Kier molecular flexibility index (Phi) is 3.55. The quantitative estimate of drug-likeness (QED) is 0.600. The summed E-state index contributed by atoms with van der Waals surface area (Å²) in [6, 6.07) is 0. The third kappa shape index (κ3) is 2.47. The lowest BCUT2D eigenvalue weighted by Gasteiger charge is -2.13. The van der Waals surface area contributed by atoms with Gasteiger partial charge >= 0.3 is 5.69 Å². The minimum Gasteiger partial charge on any atom is -0.367 e. The molecule has 0 atom stereocenters. The van der Waals surface area contributed by atoms with Gasteiger partial charge in [-0.15, -0.1) is 0 Å². The van der Waals surface area contributed by atoms with Crippen LogP contribution < -0.4 is 10.6 Å². The Balaban J connectivity index is 2.19. The van der Waals surface area contributed by atoms with E-state index >= 15 is 0 Å². The average molecular weight is 269 g/mol. The zero-order chi connectivity index (χ0) is 13.2. The van der Waals surface area contributed by atoms with Gasteiger partial charge in [0.1, 0.15) is 6.33 Å². The van der Waals surface area contributed by atoms with E-state index in [1.54, 1.807) is 18.8 Å². The van der Waals surface area contributed by atoms with Crippen LogP contribution in [0.2, 0.25) is 0 Å². The molecule has 1 saturated carbocycles. The Hall–Kier alpha value is -1.57. The number of nitro groups is 1. The minimum absolute atomic E-state index is 0.100. The maximum atomic E-state index is 11.1. The van der Waals surface area contributed by atoms with E-state index in [2.05, 4.69) is 26.9 Å². The largest absolute Gasteiger partial charge is 0.367 e. The van der Waals surface area contributed by atoms with Crippen LogP contribution in [0.3, 0.4) is 0 Å². The summed E-state index contributed by atoms with van der Waals surface area (Å²) >= 11 is 1.79. The van der Waals surface area contributed by atoms with Crippen molar-refractivity contribution in [1.29, 1.82) is 0 Å². The maximum Gasteiger partial charge on any atom is 0.353 e. The van der Waals surface area contributed by atoms with E-state index < -0.39 is 4.92 Å². The lowest BCUT2D eigenvalue weighted by atomic mass is 10.3. The van der Waals surface area contributed by atoms with Crippen molar-refractivity contribution in [2.75, 3.05) is 30.5 Å². The molecule has 1 heterocycles. The highest BCUT2D eigenvalue weighted by molar-refractivity contribution is 8.00. The standard InChI is InChI=1S/C10H15N5O2S/c1-11-8-7(15(16)17)9(14-6-13-8)12-5-10(18-2)3-4-10/h6H,3-5H2,1-2H3,(H2,11,12,13,14). The van der Waals surface area contributed by atoms with Crippen LogP contribution in [0.1, 0.15) is 12.8 Å². The molecule has 0 bridgehead atoms. The van der Waals surface area contributed by atoms with Gasteiger partial charge in [-0.25, -0.2) is 9.97 Å². The first kappa shape index (κ1) is 12.9. The monoisotopic (exact) mass is 269 g/mol. The van der Waals surface area contributed by atoms with Crippen LogP contribution in [0.4, 0.5) is 17.3 Å². The summed E-state index contributed by atoms with van der Waals surface area (Å²) in [5, 5.41) is 16.8. The van der Waals surface area contributed by atoms with Crippen LogP contribution in [-0.4, -0.2) is 39.5 Å². The van der Waals surface area contributed by atoms with Crippen LogP contribution in [0, 0.1) is 10.1 Å². The fourth-order valence-corrected chi connectivity index (χ4v) is 2.43. The molecular formula is C10H15N5O2S. The van der Waals surface area contributed by atoms with Crippen LogP contribution in [0.15, 0.2) is 6.33 Å². The number of hydrogen-bond acceptors (Lipinski definition) is 7. The first-order valence-electron chi connectivity index (χ1n) is 5.58. The summed E-state index contributed by atoms with van der Waals surface area (Å²) in [4.78, 5) is 18.4. The number of thioether (sulfide) groups is 1. The molecule has 7 nitrogen and oxygen atoms in total. The van der Waals surface area contributed by atoms with Crippen molar-refractivity contribution in [2.45, 2.75) is 17.6 Å². The van der Waals surface area contributed by atoms with Gasteiger partial charge in [0, 0.05) is 18.3 Å². The van der Waals surface area contributed by atoms with Gasteiger partial charge in [0.25, 0.3) is 0 Å². The predicted molar refractivity (Wildman–Crippen MR) is 72.2 cm³/mol. The Bertz CT molecular complexity index is 464. The van der Waals surface area contributed by atoms with Gasteiger partial charge < -0.3 is 10.6 Å². The average Bonchev–Trinajstić information content (AvgIpc) is 3.16. The third-order valence-corrected chi connectivity index (χ3v) is 4.48. The molecule has 0 radical (unpaired) electrons. The van der Waals surface area contributed by atoms with Gasteiger partial charge in [0.2, 0.25) is 11.6 Å². The molecule has 2 rings (SSSR count). The molecule has 0 amide bonds. The highest BCUT2D eigenvalue weighted by Crippen LogP contribution is 2.47. The van der Waals surface area contributed by atoms with E-state index in [-0.39, 0.29) is 22.1 Å². The molecule has 98 valence electrons. The van der Waals surface area contributed by atoms with E-state index in [9.17, 15) is 10.1 Å². The molecule has 0 aliphatic heterocycles. The van der Waals surface area contributed by atoms with Crippen LogP contribution in [-0.2, 0) is 0 Å². The lowest BCUT2D eigenvalue weighted by Crippen LogP contribution is -2.19. The molecule has 8 heteroatoms. The summed E-state index contributed by atoms with van der Waals surface area (Å²) in [5.41, 5.74) is -0.100. The van der Waals surface area contributed by atoms with E-state index in [1.165, 1.54) is 6.33 Å². The van der Waals surface area contributed by atoms with Crippen molar-refractivity contribution < 1.29 is 4.92 Å². The van der Waals surface area contributed by atoms with Crippen LogP contribution in [0.5, 0.6) is 0 Å². The fourth-order valence-electron chi connectivity index (χ4n) is 1.70. The summed E-state index contributed by atoms with van der Waals surface area (Å²) in [5.74, 6) is 0.506. The van der Waals surface area contributed by atoms with Gasteiger partial charge in [0.15, 0.2) is 0 Å². The molecule has 1 aliphatic carbocycles. The second-order valence-corrected chi connectivity index (χ2v) is 5.44. The second-order valence-electron chi connectivity index (χ2n) is 4.17. The summed E-state index contributed by atoms with van der Waals surface area (Å²) < 4.78 is 0.221. The van der Waals surface area contributed by atoms with E-state index in [0.717, 1.165) is 12.8 Å². The summed E-state index contributed by atoms with van der Waals surface area (Å²) in [7, 11) is 1.60. The smallest absolute Gasteiger partial charge is 0.353 e. The van der Waals surface area contributed by atoms with Crippen molar-refractivity contribution in [1.82, 2.24) is 9.97 Å². The molecule has 0 spiro atoms. The van der Waals surface area contributed by atoms with E-state index in [0.29, 0.717) is 6.54 Å². The number of anilines is 2. The van der Waals surface area contributed by atoms with Crippen molar-refractivity contribution in [2.24, 2.45) is 0 Å². The third-order valence-electron chi connectivity index (χ3n) is 3.06. The molecule has 0 saturated heterocycles. The highest BCUT2D eigenvalue weighted by atomic mass is 32.2. The fraction of sp³-hybridized carbons (Fsp3) is 0.600. The number of rotatable bonds is 6. The van der Waals surface area contributed by atoms with Gasteiger partial charge in [-0.2, -0.15) is 11.8 Å². The van der Waals surface area contributed by atoms with Crippen molar-refractivity contribution in [3.63, 3.8) is 0 Å². The Morgan fingerprint density at radius 2 is 2.17 bits per heavy atom. The molecule has 1 aromatic heterocycles. The second kappa shape index (κ2) is 4.97. The topological polar surface area (TPSA) is 93.0 Å². The number of aromatic nitrogens is 2. The molecule has 0 unspecified atom stereocenters. The van der Waals surface area contributed by atoms with E-state index in [1.807, 2.05) is 0 Å². The van der Waals surface area contributed by atoms with E-state index in [4.69, 9.17) is 0 Å². The van der Waals surface area contributed by atoms with Gasteiger partial charge in [-0.05, 0) is 19.1 Å². The summed E-state index contributed by atoms with van der Waals surface area (Å²) in [6.07, 6.45) is 5.65. The Morgan fingerprint density at radius 1 is 1.50 bits per heavy atom. The van der Waals surface area contributed by atoms with Crippen LogP contribution in [0.25, 0.3) is 0 Å². The molecule has 18 heavy (non-hydrogen) atoms. The normalized spacial score (nSPS) is 16.1. The molecular weight excluding hydrogens is 254 g/mol. The molecule has 1 fully saturated rings. The Labute approximate surface area is 109 Å². The number of hydrogen-bond donors (Lipinski definition) is 2. The SMILES string of the molecule is CNc1ncnc(NCC2(SC)CC2)c1[N+](=O)[O-]. The van der Waals surface area contributed by atoms with Gasteiger partial charge in [-0.1, -0.05) is 0 Å². The number of nitrogens with one attached hydrogen (secondary N) is 2. The Morgan fingerprint density at radius 3 is 2.67 bits per heavy atom. The van der Waals surface area contributed by atoms with Crippen molar-refractivity contribution >= 4 is 29.1 Å². The molecule has 2 N–H and O–H groups in total. The number of nitrogens with zero attached hydrogens (tertiary/aromatic N) is 3. The molecule has 1 aliphatic rings. The molecule has 1 aromatic rings. The highest BCUT2D eigenvalue weighted by Gasteiger charge is 2.42. The maximum absolute atomic E-state index is 11.1. The van der Waals surface area contributed by atoms with Gasteiger partial charge in [0.05, 0.1) is 4.92 Å².